The molecular formula is C42H24N2S. The molecule has 3 heteroatoms. The number of hydrogen-bond acceptors (Lipinski definition) is 3. The molecule has 0 aliphatic rings. The molecule has 0 radical (unpaired) electrons. The molecule has 10 rings (SSSR count). The zero-order valence-electron chi connectivity index (χ0n) is 24.2. The normalized spacial score (nSPS) is 12.0. The molecule has 0 unspecified atom stereocenters. The maximum Gasteiger partial charge on any atom is 0.0972 e. The Bertz CT molecular complexity index is 2830. The highest BCUT2D eigenvalue weighted by molar-refractivity contribution is 7.25. The number of hydrogen-bond donors (Lipinski definition) is 0. The number of rotatable bonds is 2. The first-order valence-corrected chi connectivity index (χ1v) is 16.0. The van der Waals surface area contributed by atoms with Gasteiger partial charge in [0.25, 0.3) is 0 Å². The summed E-state index contributed by atoms with van der Waals surface area (Å²) in [6.07, 6.45) is 1.84. The summed E-state index contributed by atoms with van der Waals surface area (Å²) in [6.45, 7) is 0. The van der Waals surface area contributed by atoms with Crippen LogP contribution in [0.2, 0.25) is 0 Å². The topological polar surface area (TPSA) is 25.8 Å². The second-order valence-electron chi connectivity index (χ2n) is 11.8. The smallest absolute Gasteiger partial charge is 0.0972 e. The second-order valence-corrected chi connectivity index (χ2v) is 12.9. The van der Waals surface area contributed by atoms with Gasteiger partial charge in [0.2, 0.25) is 0 Å². The Hall–Kier alpha value is -5.64. The molecule has 0 spiro atoms. The van der Waals surface area contributed by atoms with Crippen molar-refractivity contribution < 1.29 is 0 Å². The standard InChI is InChI=1S/C42H24N2S/c1-2-11-31-30(10-1)34-22-28(16-18-32(34)36-24-40-37(23-35(31)36)33-12-3-4-13-39(33)45-40)27-7-5-8-29(21-27)38-19-17-26-15-14-25-9-6-20-43-41(25)42(26)44-38/h1-24H. The van der Waals surface area contributed by atoms with Crippen LogP contribution in [0, 0.1) is 0 Å². The molecule has 0 saturated heterocycles. The number of fused-ring (bicyclic) bond motifs is 12. The van der Waals surface area contributed by atoms with Gasteiger partial charge in [-0.3, -0.25) is 4.98 Å². The van der Waals surface area contributed by atoms with Crippen LogP contribution in [0.15, 0.2) is 146 Å². The van der Waals surface area contributed by atoms with Crippen LogP contribution in [-0.2, 0) is 0 Å². The lowest BCUT2D eigenvalue weighted by Crippen LogP contribution is -1.89. The van der Waals surface area contributed by atoms with Crippen molar-refractivity contribution >= 4 is 85.6 Å². The summed E-state index contributed by atoms with van der Waals surface area (Å²) in [7, 11) is 0. The zero-order valence-corrected chi connectivity index (χ0v) is 25.0. The van der Waals surface area contributed by atoms with E-state index >= 15 is 0 Å². The predicted molar refractivity (Wildman–Crippen MR) is 193 cm³/mol. The lowest BCUT2D eigenvalue weighted by molar-refractivity contribution is 1.37. The average molecular weight is 589 g/mol. The zero-order chi connectivity index (χ0) is 29.5. The van der Waals surface area contributed by atoms with E-state index in [-0.39, 0.29) is 0 Å². The molecule has 0 atom stereocenters. The number of pyridine rings is 2. The molecule has 208 valence electrons. The maximum atomic E-state index is 5.11. The van der Waals surface area contributed by atoms with E-state index in [2.05, 4.69) is 138 Å². The van der Waals surface area contributed by atoms with Gasteiger partial charge in [-0.05, 0) is 85.9 Å². The van der Waals surface area contributed by atoms with Gasteiger partial charge in [-0.1, -0.05) is 97.1 Å². The van der Waals surface area contributed by atoms with Crippen LogP contribution in [0.5, 0.6) is 0 Å². The molecule has 3 heterocycles. The van der Waals surface area contributed by atoms with Crippen molar-refractivity contribution in [3.8, 4) is 22.4 Å². The minimum Gasteiger partial charge on any atom is -0.254 e. The van der Waals surface area contributed by atoms with Crippen LogP contribution >= 0.6 is 11.3 Å². The molecule has 7 aromatic carbocycles. The fraction of sp³-hybridized carbons (Fsp3) is 0. The Balaban J connectivity index is 1.17. The van der Waals surface area contributed by atoms with E-state index in [0.717, 1.165) is 33.1 Å². The van der Waals surface area contributed by atoms with Crippen molar-refractivity contribution in [2.24, 2.45) is 0 Å². The minimum absolute atomic E-state index is 0.938. The summed E-state index contributed by atoms with van der Waals surface area (Å²) in [5.41, 5.74) is 6.30. The first kappa shape index (κ1) is 24.8. The third kappa shape index (κ3) is 3.75. The van der Waals surface area contributed by atoms with Gasteiger partial charge in [0.05, 0.1) is 16.7 Å². The van der Waals surface area contributed by atoms with E-state index in [9.17, 15) is 0 Å². The minimum atomic E-state index is 0.938. The molecule has 3 aromatic heterocycles. The van der Waals surface area contributed by atoms with Gasteiger partial charge in [0, 0.05) is 42.7 Å². The molecule has 0 N–H and O–H groups in total. The van der Waals surface area contributed by atoms with E-state index in [1.165, 1.54) is 63.6 Å². The van der Waals surface area contributed by atoms with Crippen molar-refractivity contribution in [2.75, 3.05) is 0 Å². The fourth-order valence-electron chi connectivity index (χ4n) is 7.09. The molecule has 0 amide bonds. The number of nitrogens with zero attached hydrogens (tertiary/aromatic N) is 2. The maximum absolute atomic E-state index is 5.11. The Labute approximate surface area is 262 Å². The van der Waals surface area contributed by atoms with Gasteiger partial charge < -0.3 is 0 Å². The van der Waals surface area contributed by atoms with E-state index in [1.54, 1.807) is 0 Å². The third-order valence-electron chi connectivity index (χ3n) is 9.26. The van der Waals surface area contributed by atoms with E-state index in [0.29, 0.717) is 0 Å². The molecule has 0 aliphatic heterocycles. The molecule has 10 aromatic rings. The van der Waals surface area contributed by atoms with Gasteiger partial charge in [-0.25, -0.2) is 4.98 Å². The molecule has 0 bridgehead atoms. The van der Waals surface area contributed by atoms with Crippen LogP contribution in [0.4, 0.5) is 0 Å². The predicted octanol–water partition coefficient (Wildman–Crippen LogP) is 11.9. The average Bonchev–Trinajstić information content (AvgIpc) is 3.48. The van der Waals surface area contributed by atoms with Crippen LogP contribution in [0.3, 0.4) is 0 Å². The molecule has 45 heavy (non-hydrogen) atoms. The van der Waals surface area contributed by atoms with Gasteiger partial charge >= 0.3 is 0 Å². The highest BCUT2D eigenvalue weighted by Gasteiger charge is 2.14. The SMILES string of the molecule is c1cc(-c2ccc3c(c2)c2ccccc2c2cc4c(cc32)sc2ccccc24)cc(-c2ccc3ccc4cccnc4c3n2)c1. The number of aromatic nitrogens is 2. The number of benzene rings is 7. The van der Waals surface area contributed by atoms with Crippen LogP contribution < -0.4 is 0 Å². The van der Waals surface area contributed by atoms with Crippen molar-refractivity contribution in [2.45, 2.75) is 0 Å². The second kappa shape index (κ2) is 9.43. The lowest BCUT2D eigenvalue weighted by atomic mass is 9.91. The molecule has 0 aliphatic carbocycles. The third-order valence-corrected chi connectivity index (χ3v) is 10.4. The van der Waals surface area contributed by atoms with Crippen molar-refractivity contribution in [3.63, 3.8) is 0 Å². The summed E-state index contributed by atoms with van der Waals surface area (Å²) >= 11 is 1.88. The lowest BCUT2D eigenvalue weighted by Gasteiger charge is -2.13. The summed E-state index contributed by atoms with van der Waals surface area (Å²) in [6, 6.07) is 50.7. The quantitative estimate of drug-likeness (QED) is 0.188. The van der Waals surface area contributed by atoms with Crippen LogP contribution in [0.1, 0.15) is 0 Å². The Morgan fingerprint density at radius 1 is 0.378 bits per heavy atom. The summed E-state index contributed by atoms with van der Waals surface area (Å²) in [5, 5.41) is 12.7. The molecule has 2 nitrogen and oxygen atoms in total. The molecular weight excluding hydrogens is 565 g/mol. The summed E-state index contributed by atoms with van der Waals surface area (Å²) in [4.78, 5) is 9.76. The molecule has 0 fully saturated rings. The van der Waals surface area contributed by atoms with Gasteiger partial charge in [-0.15, -0.1) is 11.3 Å². The van der Waals surface area contributed by atoms with Gasteiger partial charge in [0.1, 0.15) is 0 Å². The first-order valence-electron chi connectivity index (χ1n) is 15.2. The largest absolute Gasteiger partial charge is 0.254 e. The van der Waals surface area contributed by atoms with Crippen LogP contribution in [-0.4, -0.2) is 9.97 Å². The Morgan fingerprint density at radius 3 is 1.96 bits per heavy atom. The van der Waals surface area contributed by atoms with E-state index in [4.69, 9.17) is 4.98 Å². The van der Waals surface area contributed by atoms with Crippen LogP contribution in [0.25, 0.3) is 96.7 Å². The summed E-state index contributed by atoms with van der Waals surface area (Å²) in [5.74, 6) is 0. The first-order chi connectivity index (χ1) is 22.3. The van der Waals surface area contributed by atoms with E-state index < -0.39 is 0 Å². The van der Waals surface area contributed by atoms with Gasteiger partial charge in [0.15, 0.2) is 0 Å². The highest BCUT2D eigenvalue weighted by atomic mass is 32.1. The highest BCUT2D eigenvalue weighted by Crippen LogP contribution is 2.42. The Morgan fingerprint density at radius 2 is 1.07 bits per heavy atom. The van der Waals surface area contributed by atoms with Crippen molar-refractivity contribution in [1.29, 1.82) is 0 Å². The van der Waals surface area contributed by atoms with Crippen molar-refractivity contribution in [1.82, 2.24) is 9.97 Å². The number of thiophene rings is 1. The van der Waals surface area contributed by atoms with Gasteiger partial charge in [-0.2, -0.15) is 0 Å². The summed E-state index contributed by atoms with van der Waals surface area (Å²) < 4.78 is 2.67. The monoisotopic (exact) mass is 588 g/mol. The Kier molecular flexibility index (Phi) is 5.19. The fourth-order valence-corrected chi connectivity index (χ4v) is 8.22. The van der Waals surface area contributed by atoms with Crippen molar-refractivity contribution in [3.05, 3.63) is 146 Å². The molecule has 0 saturated carbocycles. The van der Waals surface area contributed by atoms with E-state index in [1.807, 2.05) is 23.6 Å².